The average molecular weight is 410 g/mol. The fourth-order valence-corrected chi connectivity index (χ4v) is 2.24. The molecule has 0 amide bonds. The van der Waals surface area contributed by atoms with Gasteiger partial charge in [0.1, 0.15) is 5.78 Å². The van der Waals surface area contributed by atoms with Crippen LogP contribution < -0.4 is 0 Å². The van der Waals surface area contributed by atoms with Gasteiger partial charge >= 0.3 is 0 Å². The van der Waals surface area contributed by atoms with E-state index >= 15 is 0 Å². The van der Waals surface area contributed by atoms with E-state index in [1.807, 2.05) is 31.6 Å². The standard InChI is InChI=1S/C12H23O.C7H12N3.Y/c1-9(8-11(2,3)4)10(13)12(5,6)7;1-3-5-10-6-7(4-2)8-9-10;/h9H,1,8H2,2-7H3;6H,2-5H2,1H3;/q2*-1;. The Hall–Kier alpha value is -0.0861. The molecule has 5 heteroatoms. The fraction of sp³-hybridized carbons (Fsp3) is 0.737. The summed E-state index contributed by atoms with van der Waals surface area (Å²) in [5.74, 6) is 0.197. The monoisotopic (exact) mass is 410 g/mol. The first-order valence-corrected chi connectivity index (χ1v) is 8.46. The van der Waals surface area contributed by atoms with Crippen LogP contribution >= 0.6 is 0 Å². The van der Waals surface area contributed by atoms with Gasteiger partial charge in [-0.3, -0.25) is 4.68 Å². The van der Waals surface area contributed by atoms with Gasteiger partial charge in [0, 0.05) is 50.9 Å². The van der Waals surface area contributed by atoms with E-state index in [9.17, 15) is 4.79 Å². The zero-order valence-corrected chi connectivity index (χ0v) is 19.6. The van der Waals surface area contributed by atoms with Gasteiger partial charge in [0.15, 0.2) is 0 Å². The zero-order chi connectivity index (χ0) is 18.3. The van der Waals surface area contributed by atoms with Crippen molar-refractivity contribution in [1.29, 1.82) is 0 Å². The van der Waals surface area contributed by atoms with Gasteiger partial charge in [-0.1, -0.05) is 60.1 Å². The summed E-state index contributed by atoms with van der Waals surface area (Å²) in [7, 11) is 0. The molecule has 4 nitrogen and oxygen atoms in total. The van der Waals surface area contributed by atoms with Gasteiger partial charge in [0.25, 0.3) is 0 Å². The Morgan fingerprint density at radius 3 is 2.12 bits per heavy atom. The summed E-state index contributed by atoms with van der Waals surface area (Å²) in [5, 5.41) is 7.81. The predicted molar refractivity (Wildman–Crippen MR) is 96.8 cm³/mol. The molecule has 1 aromatic heterocycles. The molecule has 1 rings (SSSR count). The Bertz CT molecular complexity index is 470. The number of hydrogen-bond donors (Lipinski definition) is 0. The second-order valence-electron chi connectivity index (χ2n) is 8.30. The van der Waals surface area contributed by atoms with Gasteiger partial charge in [0.2, 0.25) is 0 Å². The van der Waals surface area contributed by atoms with Gasteiger partial charge in [-0.2, -0.15) is 0 Å². The molecule has 0 aliphatic carbocycles. The molecule has 1 unspecified atom stereocenters. The van der Waals surface area contributed by atoms with E-state index in [2.05, 4.69) is 51.9 Å². The number of aryl methyl sites for hydroxylation is 1. The smallest absolute Gasteiger partial charge is 0.111 e. The third-order valence-corrected chi connectivity index (χ3v) is 3.26. The average Bonchev–Trinajstić information content (AvgIpc) is 2.84. The molecular weight excluding hydrogens is 375 g/mol. The van der Waals surface area contributed by atoms with Crippen LogP contribution in [0.15, 0.2) is 6.20 Å². The first kappa shape index (κ1) is 26.1. The van der Waals surface area contributed by atoms with Crippen molar-refractivity contribution in [2.75, 3.05) is 0 Å². The number of hydrogen-bond acceptors (Lipinski definition) is 3. The molecule has 0 aliphatic rings. The van der Waals surface area contributed by atoms with Crippen molar-refractivity contribution < 1.29 is 37.5 Å². The second kappa shape index (κ2) is 11.5. The van der Waals surface area contributed by atoms with Crippen LogP contribution in [0.4, 0.5) is 0 Å². The number of Topliss-reactive ketones (excluding diaryl/α,β-unsaturated/α-hetero) is 1. The summed E-state index contributed by atoms with van der Waals surface area (Å²) in [5.41, 5.74) is 0.902. The minimum atomic E-state index is -0.252. The molecule has 0 saturated heterocycles. The van der Waals surface area contributed by atoms with Crippen molar-refractivity contribution in [3.63, 3.8) is 0 Å². The fourth-order valence-electron chi connectivity index (χ4n) is 2.24. The van der Waals surface area contributed by atoms with Crippen LogP contribution in [0.5, 0.6) is 0 Å². The number of carbonyl (C=O) groups excluding carboxylic acids is 1. The topological polar surface area (TPSA) is 47.8 Å². The molecular formula is C19H35N3OY-2. The molecule has 1 aromatic rings. The summed E-state index contributed by atoms with van der Waals surface area (Å²) in [6.07, 6.45) is 4.63. The maximum Gasteiger partial charge on any atom is 0.111 e. The summed E-state index contributed by atoms with van der Waals surface area (Å²) in [6, 6.07) is 0. The molecule has 0 bridgehead atoms. The Morgan fingerprint density at radius 2 is 1.79 bits per heavy atom. The number of nitrogens with zero attached hydrogens (tertiary/aromatic N) is 3. The first-order chi connectivity index (χ1) is 10.4. The number of carbonyl (C=O) groups is 1. The number of rotatable bonds is 5. The molecule has 0 N–H and O–H groups in total. The third kappa shape index (κ3) is 11.5. The Labute approximate surface area is 174 Å². The van der Waals surface area contributed by atoms with E-state index in [0.717, 1.165) is 31.5 Å². The zero-order valence-electron chi connectivity index (χ0n) is 16.7. The molecule has 1 heterocycles. The van der Waals surface area contributed by atoms with Crippen LogP contribution in [0, 0.1) is 30.6 Å². The van der Waals surface area contributed by atoms with Crippen LogP contribution in [0.2, 0.25) is 0 Å². The Kier molecular flexibility index (Phi) is 12.5. The maximum absolute atomic E-state index is 11.8. The molecule has 0 aliphatic heterocycles. The molecule has 1 radical (unpaired) electrons. The number of ketones is 1. The van der Waals surface area contributed by atoms with Crippen LogP contribution in [0.3, 0.4) is 0 Å². The van der Waals surface area contributed by atoms with Crippen LogP contribution in [0.1, 0.15) is 67.0 Å². The van der Waals surface area contributed by atoms with E-state index in [4.69, 9.17) is 0 Å². The van der Waals surface area contributed by atoms with Crippen molar-refractivity contribution >= 4 is 5.78 Å². The SMILES string of the molecule is [CH2-]C(CC(C)(C)C)C(=O)C(C)(C)C.[CH2-]Cc1cn(CCC)nn1.[Y]. The molecule has 0 saturated carbocycles. The Morgan fingerprint density at radius 1 is 1.25 bits per heavy atom. The van der Waals surface area contributed by atoms with Gasteiger partial charge in [-0.25, -0.2) is 0 Å². The molecule has 1 atom stereocenters. The summed E-state index contributed by atoms with van der Waals surface area (Å²) < 4.78 is 1.85. The summed E-state index contributed by atoms with van der Waals surface area (Å²) in [4.78, 5) is 11.8. The Balaban J connectivity index is 0. The minimum Gasteiger partial charge on any atom is -0.337 e. The summed E-state index contributed by atoms with van der Waals surface area (Å²) in [6.45, 7) is 23.0. The van der Waals surface area contributed by atoms with E-state index in [1.54, 1.807) is 0 Å². The van der Waals surface area contributed by atoms with Crippen LogP contribution in [-0.2, 0) is 50.5 Å². The molecule has 24 heavy (non-hydrogen) atoms. The van der Waals surface area contributed by atoms with E-state index < -0.39 is 0 Å². The summed E-state index contributed by atoms with van der Waals surface area (Å²) >= 11 is 0. The van der Waals surface area contributed by atoms with Gasteiger partial charge in [-0.15, -0.1) is 17.4 Å². The van der Waals surface area contributed by atoms with Crippen LogP contribution in [-0.4, -0.2) is 20.8 Å². The van der Waals surface area contributed by atoms with Crippen molar-refractivity contribution in [2.45, 2.75) is 74.3 Å². The van der Waals surface area contributed by atoms with Crippen LogP contribution in [0.25, 0.3) is 0 Å². The van der Waals surface area contributed by atoms with Crippen molar-refractivity contribution in [3.8, 4) is 0 Å². The van der Waals surface area contributed by atoms with Gasteiger partial charge < -0.3 is 18.6 Å². The van der Waals surface area contributed by atoms with Crippen molar-refractivity contribution in [3.05, 3.63) is 25.7 Å². The van der Waals surface area contributed by atoms with Gasteiger partial charge in [-0.05, 0) is 11.8 Å². The largest absolute Gasteiger partial charge is 0.337 e. The molecule has 137 valence electrons. The van der Waals surface area contributed by atoms with Crippen molar-refractivity contribution in [2.24, 2.45) is 16.7 Å². The maximum atomic E-state index is 11.8. The third-order valence-electron chi connectivity index (χ3n) is 3.26. The van der Waals surface area contributed by atoms with E-state index in [1.165, 1.54) is 0 Å². The predicted octanol–water partition coefficient (Wildman–Crippen LogP) is 4.55. The van der Waals surface area contributed by atoms with E-state index in [0.29, 0.717) is 0 Å². The minimum absolute atomic E-state index is 0. The quantitative estimate of drug-likeness (QED) is 0.669. The van der Waals surface area contributed by atoms with Crippen molar-refractivity contribution in [1.82, 2.24) is 15.0 Å². The molecule has 0 aromatic carbocycles. The number of aromatic nitrogens is 3. The van der Waals surface area contributed by atoms with E-state index in [-0.39, 0.29) is 55.2 Å². The first-order valence-electron chi connectivity index (χ1n) is 8.46. The molecule has 0 spiro atoms. The molecule has 0 fully saturated rings. The normalized spacial score (nSPS) is 12.7. The van der Waals surface area contributed by atoms with Gasteiger partial charge in [0.05, 0.1) is 5.69 Å². The second-order valence-corrected chi connectivity index (χ2v) is 8.30.